The molecule has 0 fully saturated rings. The van der Waals surface area contributed by atoms with Crippen LogP contribution in [0.4, 0.5) is 0 Å². The number of carbonyl (C=O) groups is 1. The molecule has 0 saturated heterocycles. The standard InChI is InChI=1S/C13H15N3OS2/c1-10(11-5-3-2-4-6-11)7-14-12(17)8-18-13-16-15-9-19-13/h2-6,9-10H,7-8H2,1H3,(H,14,17)/t10-/m1/s1. The number of rotatable bonds is 6. The van der Waals surface area contributed by atoms with Crippen LogP contribution in [0.15, 0.2) is 40.2 Å². The van der Waals surface area contributed by atoms with Crippen molar-refractivity contribution in [3.05, 3.63) is 41.4 Å². The summed E-state index contributed by atoms with van der Waals surface area (Å²) in [6.07, 6.45) is 0. The quantitative estimate of drug-likeness (QED) is 0.832. The van der Waals surface area contributed by atoms with E-state index in [1.54, 1.807) is 5.51 Å². The van der Waals surface area contributed by atoms with E-state index in [9.17, 15) is 4.79 Å². The molecule has 0 aliphatic heterocycles. The second-order valence-electron chi connectivity index (χ2n) is 4.11. The van der Waals surface area contributed by atoms with Crippen molar-refractivity contribution in [2.24, 2.45) is 0 Å². The maximum absolute atomic E-state index is 11.7. The molecule has 19 heavy (non-hydrogen) atoms. The van der Waals surface area contributed by atoms with Crippen molar-refractivity contribution >= 4 is 29.0 Å². The van der Waals surface area contributed by atoms with E-state index >= 15 is 0 Å². The molecular formula is C13H15N3OS2. The summed E-state index contributed by atoms with van der Waals surface area (Å²) in [7, 11) is 0. The largest absolute Gasteiger partial charge is 0.355 e. The lowest BCUT2D eigenvalue weighted by Crippen LogP contribution is -2.28. The highest BCUT2D eigenvalue weighted by Crippen LogP contribution is 2.18. The second-order valence-corrected chi connectivity index (χ2v) is 6.16. The minimum atomic E-state index is 0.0305. The molecule has 0 bridgehead atoms. The molecule has 6 heteroatoms. The molecule has 0 unspecified atom stereocenters. The number of benzene rings is 1. The van der Waals surface area contributed by atoms with Crippen LogP contribution in [-0.4, -0.2) is 28.4 Å². The molecule has 1 aromatic carbocycles. The number of nitrogens with one attached hydrogen (secondary N) is 1. The van der Waals surface area contributed by atoms with Crippen LogP contribution in [0.2, 0.25) is 0 Å². The van der Waals surface area contributed by atoms with Crippen LogP contribution >= 0.6 is 23.1 Å². The molecule has 100 valence electrons. The lowest BCUT2D eigenvalue weighted by molar-refractivity contribution is -0.118. The number of nitrogens with zero attached hydrogens (tertiary/aromatic N) is 2. The third kappa shape index (κ3) is 4.65. The van der Waals surface area contributed by atoms with Crippen LogP contribution in [0.5, 0.6) is 0 Å². The first-order chi connectivity index (χ1) is 9.25. The molecule has 0 aliphatic rings. The van der Waals surface area contributed by atoms with Gasteiger partial charge in [0.15, 0.2) is 4.34 Å². The smallest absolute Gasteiger partial charge is 0.230 e. The Hall–Kier alpha value is -1.40. The fraction of sp³-hybridized carbons (Fsp3) is 0.308. The summed E-state index contributed by atoms with van der Waals surface area (Å²) in [6, 6.07) is 10.2. The zero-order chi connectivity index (χ0) is 13.5. The summed E-state index contributed by atoms with van der Waals surface area (Å²) >= 11 is 2.86. The number of carbonyl (C=O) groups excluding carboxylic acids is 1. The van der Waals surface area contributed by atoms with Gasteiger partial charge in [0.1, 0.15) is 5.51 Å². The van der Waals surface area contributed by atoms with E-state index in [0.717, 1.165) is 4.34 Å². The maximum Gasteiger partial charge on any atom is 0.230 e. The van der Waals surface area contributed by atoms with Crippen LogP contribution < -0.4 is 5.32 Å². The van der Waals surface area contributed by atoms with Gasteiger partial charge in [0, 0.05) is 6.54 Å². The van der Waals surface area contributed by atoms with Gasteiger partial charge < -0.3 is 5.32 Å². The molecule has 2 rings (SSSR count). The van der Waals surface area contributed by atoms with Crippen LogP contribution in [0.3, 0.4) is 0 Å². The van der Waals surface area contributed by atoms with Gasteiger partial charge in [0.2, 0.25) is 5.91 Å². The van der Waals surface area contributed by atoms with Crippen LogP contribution in [0, 0.1) is 0 Å². The monoisotopic (exact) mass is 293 g/mol. The fourth-order valence-corrected chi connectivity index (χ4v) is 2.89. The highest BCUT2D eigenvalue weighted by Gasteiger charge is 2.08. The molecule has 1 atom stereocenters. The predicted octanol–water partition coefficient (Wildman–Crippen LogP) is 2.55. The Bertz CT molecular complexity index is 502. The van der Waals surface area contributed by atoms with Gasteiger partial charge in [0.05, 0.1) is 5.75 Å². The van der Waals surface area contributed by atoms with Crippen molar-refractivity contribution in [1.29, 1.82) is 0 Å². The maximum atomic E-state index is 11.7. The summed E-state index contributed by atoms with van der Waals surface area (Å²) in [5, 5.41) is 10.6. The van der Waals surface area contributed by atoms with Crippen molar-refractivity contribution in [2.45, 2.75) is 17.2 Å². The van der Waals surface area contributed by atoms with E-state index in [4.69, 9.17) is 0 Å². The SMILES string of the molecule is C[C@H](CNC(=O)CSc1nncs1)c1ccccc1. The summed E-state index contributed by atoms with van der Waals surface area (Å²) in [5.74, 6) is 0.733. The lowest BCUT2D eigenvalue weighted by Gasteiger charge is -2.12. The van der Waals surface area contributed by atoms with E-state index in [0.29, 0.717) is 18.2 Å². The van der Waals surface area contributed by atoms with Crippen molar-refractivity contribution in [2.75, 3.05) is 12.3 Å². The van der Waals surface area contributed by atoms with Crippen molar-refractivity contribution in [1.82, 2.24) is 15.5 Å². The summed E-state index contributed by atoms with van der Waals surface area (Å²) in [5.41, 5.74) is 2.90. The third-order valence-electron chi connectivity index (χ3n) is 2.64. The molecule has 1 heterocycles. The Balaban J connectivity index is 1.71. The Morgan fingerprint density at radius 2 is 2.21 bits per heavy atom. The van der Waals surface area contributed by atoms with Gasteiger partial charge in [-0.25, -0.2) is 0 Å². The Morgan fingerprint density at radius 3 is 2.89 bits per heavy atom. The second kappa shape index (κ2) is 7.25. The average molecular weight is 293 g/mol. The number of hydrogen-bond acceptors (Lipinski definition) is 5. The molecule has 0 aliphatic carbocycles. The first-order valence-electron chi connectivity index (χ1n) is 5.96. The minimum absolute atomic E-state index is 0.0305. The van der Waals surface area contributed by atoms with Gasteiger partial charge in [0.25, 0.3) is 0 Å². The average Bonchev–Trinajstić information content (AvgIpc) is 2.96. The van der Waals surface area contributed by atoms with Gasteiger partial charge in [-0.15, -0.1) is 10.2 Å². The van der Waals surface area contributed by atoms with Gasteiger partial charge in [-0.05, 0) is 11.5 Å². The number of thioether (sulfide) groups is 1. The third-order valence-corrected chi connectivity index (χ3v) is 4.50. The number of aromatic nitrogens is 2. The van der Waals surface area contributed by atoms with E-state index < -0.39 is 0 Å². The van der Waals surface area contributed by atoms with Crippen molar-refractivity contribution < 1.29 is 4.79 Å². The molecule has 2 aromatic rings. The zero-order valence-electron chi connectivity index (χ0n) is 10.6. The Labute approximate surface area is 120 Å². The molecule has 1 amide bonds. The van der Waals surface area contributed by atoms with Gasteiger partial charge >= 0.3 is 0 Å². The van der Waals surface area contributed by atoms with Crippen LogP contribution in [0.25, 0.3) is 0 Å². The summed E-state index contributed by atoms with van der Waals surface area (Å²) in [6.45, 7) is 2.76. The fourth-order valence-electron chi connectivity index (χ4n) is 1.57. The topological polar surface area (TPSA) is 54.9 Å². The first kappa shape index (κ1) is 14.0. The molecular weight excluding hydrogens is 278 g/mol. The molecule has 1 N–H and O–H groups in total. The van der Waals surface area contributed by atoms with Crippen molar-refractivity contribution in [3.8, 4) is 0 Å². The van der Waals surface area contributed by atoms with Crippen LogP contribution in [-0.2, 0) is 4.79 Å². The van der Waals surface area contributed by atoms with E-state index in [1.165, 1.54) is 28.7 Å². The van der Waals surface area contributed by atoms with E-state index in [2.05, 4.69) is 34.6 Å². The normalized spacial score (nSPS) is 12.1. The highest BCUT2D eigenvalue weighted by molar-refractivity contribution is 8.01. The molecule has 0 saturated carbocycles. The van der Waals surface area contributed by atoms with E-state index in [-0.39, 0.29) is 5.91 Å². The Kier molecular flexibility index (Phi) is 5.35. The molecule has 1 aromatic heterocycles. The predicted molar refractivity (Wildman–Crippen MR) is 78.5 cm³/mol. The van der Waals surface area contributed by atoms with Gasteiger partial charge in [-0.2, -0.15) is 0 Å². The first-order valence-corrected chi connectivity index (χ1v) is 7.83. The van der Waals surface area contributed by atoms with Crippen molar-refractivity contribution in [3.63, 3.8) is 0 Å². The van der Waals surface area contributed by atoms with Gasteiger partial charge in [-0.3, -0.25) is 4.79 Å². The summed E-state index contributed by atoms with van der Waals surface area (Å²) < 4.78 is 0.825. The summed E-state index contributed by atoms with van der Waals surface area (Å²) in [4.78, 5) is 11.7. The molecule has 4 nitrogen and oxygen atoms in total. The molecule has 0 radical (unpaired) electrons. The van der Waals surface area contributed by atoms with Gasteiger partial charge in [-0.1, -0.05) is 60.4 Å². The number of amides is 1. The number of hydrogen-bond donors (Lipinski definition) is 1. The highest BCUT2D eigenvalue weighted by atomic mass is 32.2. The van der Waals surface area contributed by atoms with E-state index in [1.807, 2.05) is 18.2 Å². The zero-order valence-corrected chi connectivity index (χ0v) is 12.2. The minimum Gasteiger partial charge on any atom is -0.355 e. The van der Waals surface area contributed by atoms with Crippen LogP contribution in [0.1, 0.15) is 18.4 Å². The molecule has 0 spiro atoms. The Morgan fingerprint density at radius 1 is 1.42 bits per heavy atom. The lowest BCUT2D eigenvalue weighted by atomic mass is 10.0.